The Kier molecular flexibility index (Phi) is 6.99. The zero-order chi connectivity index (χ0) is 25.9. The van der Waals surface area contributed by atoms with Crippen molar-refractivity contribution in [2.24, 2.45) is 0 Å². The number of nitrogens with one attached hydrogen (secondary N) is 1. The van der Waals surface area contributed by atoms with Crippen LogP contribution >= 0.6 is 11.8 Å². The average Bonchev–Trinajstić information content (AvgIpc) is 2.94. The van der Waals surface area contributed by atoms with Gasteiger partial charge in [0.1, 0.15) is 0 Å². The topological polar surface area (TPSA) is 78.9 Å². The van der Waals surface area contributed by atoms with Crippen LogP contribution in [0.1, 0.15) is 46.2 Å². The SMILES string of the molecule is CCOC(=O)c1ccccc1-c1ccccc1C(=O)N(O)C(C)c1ccc2c(c1)Nc1ccccc1S2. The third-order valence-electron chi connectivity index (χ3n) is 6.31. The standard InChI is InChI=1S/C30H26N2O4S/c1-3-36-30(34)24-13-7-5-11-22(24)21-10-4-6-12-23(21)29(33)32(35)19(2)20-16-17-28-26(18-20)31-25-14-8-9-15-27(25)37-28/h4-19,31,35H,3H2,1-2H3. The molecule has 1 atom stereocenters. The zero-order valence-electron chi connectivity index (χ0n) is 20.5. The lowest BCUT2D eigenvalue weighted by Gasteiger charge is -2.26. The molecule has 6 nitrogen and oxygen atoms in total. The van der Waals surface area contributed by atoms with Crippen molar-refractivity contribution in [2.45, 2.75) is 29.7 Å². The number of esters is 1. The van der Waals surface area contributed by atoms with Gasteiger partial charge in [-0.15, -0.1) is 0 Å². The smallest absolute Gasteiger partial charge is 0.338 e. The Labute approximate surface area is 219 Å². The van der Waals surface area contributed by atoms with Gasteiger partial charge in [0, 0.05) is 15.4 Å². The fourth-order valence-corrected chi connectivity index (χ4v) is 5.33. The number of benzene rings is 4. The van der Waals surface area contributed by atoms with Gasteiger partial charge in [0.25, 0.3) is 5.91 Å². The Morgan fingerprint density at radius 1 is 0.865 bits per heavy atom. The number of amides is 1. The number of nitrogens with zero attached hydrogens (tertiary/aromatic N) is 1. The Morgan fingerprint density at radius 3 is 2.24 bits per heavy atom. The molecule has 0 fully saturated rings. The lowest BCUT2D eigenvalue weighted by atomic mass is 9.94. The van der Waals surface area contributed by atoms with Crippen molar-refractivity contribution in [3.8, 4) is 11.1 Å². The third-order valence-corrected chi connectivity index (χ3v) is 7.46. The summed E-state index contributed by atoms with van der Waals surface area (Å²) < 4.78 is 5.21. The van der Waals surface area contributed by atoms with E-state index < -0.39 is 17.9 Å². The summed E-state index contributed by atoms with van der Waals surface area (Å²) in [5, 5.41) is 15.2. The van der Waals surface area contributed by atoms with Gasteiger partial charge in [-0.25, -0.2) is 9.86 Å². The van der Waals surface area contributed by atoms with Crippen molar-refractivity contribution in [1.29, 1.82) is 0 Å². The summed E-state index contributed by atoms with van der Waals surface area (Å²) in [7, 11) is 0. The van der Waals surface area contributed by atoms with Crippen LogP contribution < -0.4 is 5.32 Å². The first-order chi connectivity index (χ1) is 18.0. The molecule has 0 saturated carbocycles. The largest absolute Gasteiger partial charge is 0.462 e. The van der Waals surface area contributed by atoms with E-state index in [0.29, 0.717) is 16.7 Å². The number of anilines is 2. The maximum Gasteiger partial charge on any atom is 0.338 e. The lowest BCUT2D eigenvalue weighted by Crippen LogP contribution is -2.30. The first-order valence-corrected chi connectivity index (χ1v) is 12.9. The summed E-state index contributed by atoms with van der Waals surface area (Å²) in [6.45, 7) is 3.77. The van der Waals surface area contributed by atoms with E-state index in [0.717, 1.165) is 31.8 Å². The Hall–Kier alpha value is -4.07. The highest BCUT2D eigenvalue weighted by molar-refractivity contribution is 7.99. The number of fused-ring (bicyclic) bond motifs is 2. The second kappa shape index (κ2) is 10.5. The summed E-state index contributed by atoms with van der Waals surface area (Å²) in [5.41, 5.74) is 4.50. The monoisotopic (exact) mass is 510 g/mol. The van der Waals surface area contributed by atoms with E-state index in [2.05, 4.69) is 11.4 Å². The molecule has 1 unspecified atom stereocenters. The van der Waals surface area contributed by atoms with Crippen LogP contribution in [0, 0.1) is 0 Å². The second-order valence-electron chi connectivity index (χ2n) is 8.62. The van der Waals surface area contributed by atoms with Crippen molar-refractivity contribution in [3.05, 3.63) is 108 Å². The van der Waals surface area contributed by atoms with E-state index in [1.165, 1.54) is 0 Å². The van der Waals surface area contributed by atoms with E-state index in [1.54, 1.807) is 74.1 Å². The summed E-state index contributed by atoms with van der Waals surface area (Å²) in [6.07, 6.45) is 0. The number of hydrogen-bond donors (Lipinski definition) is 2. The number of rotatable bonds is 6. The van der Waals surface area contributed by atoms with Crippen LogP contribution in [0.3, 0.4) is 0 Å². The van der Waals surface area contributed by atoms with Gasteiger partial charge >= 0.3 is 5.97 Å². The quantitative estimate of drug-likeness (QED) is 0.141. The van der Waals surface area contributed by atoms with Gasteiger partial charge in [0.05, 0.1) is 29.6 Å². The highest BCUT2D eigenvalue weighted by Gasteiger charge is 2.26. The Morgan fingerprint density at radius 2 is 1.49 bits per heavy atom. The van der Waals surface area contributed by atoms with Gasteiger partial charge in [0.15, 0.2) is 0 Å². The molecule has 1 aliphatic heterocycles. The number of carbonyl (C=O) groups is 2. The predicted octanol–water partition coefficient (Wildman–Crippen LogP) is 7.33. The minimum Gasteiger partial charge on any atom is -0.462 e. The summed E-state index contributed by atoms with van der Waals surface area (Å²) in [6, 6.07) is 27.3. The van der Waals surface area contributed by atoms with Gasteiger partial charge in [-0.05, 0) is 66.9 Å². The van der Waals surface area contributed by atoms with E-state index in [9.17, 15) is 14.8 Å². The van der Waals surface area contributed by atoms with Gasteiger partial charge in [-0.2, -0.15) is 0 Å². The highest BCUT2D eigenvalue weighted by atomic mass is 32.2. The molecule has 186 valence electrons. The van der Waals surface area contributed by atoms with Crippen LogP contribution in [0.2, 0.25) is 0 Å². The summed E-state index contributed by atoms with van der Waals surface area (Å²) in [5.74, 6) is -1.03. The molecule has 1 heterocycles. The van der Waals surface area contributed by atoms with E-state index in [4.69, 9.17) is 4.74 Å². The third kappa shape index (κ3) is 4.83. The van der Waals surface area contributed by atoms with Crippen molar-refractivity contribution >= 4 is 35.0 Å². The molecular weight excluding hydrogens is 484 g/mol. The van der Waals surface area contributed by atoms with Crippen LogP contribution in [-0.2, 0) is 4.74 Å². The molecule has 1 aliphatic rings. The second-order valence-corrected chi connectivity index (χ2v) is 9.70. The molecule has 0 aliphatic carbocycles. The fourth-order valence-electron chi connectivity index (χ4n) is 4.37. The normalized spacial score (nSPS) is 12.5. The minimum atomic E-state index is -0.616. The number of para-hydroxylation sites is 1. The molecule has 4 aromatic carbocycles. The van der Waals surface area contributed by atoms with Crippen molar-refractivity contribution in [3.63, 3.8) is 0 Å². The fraction of sp³-hybridized carbons (Fsp3) is 0.133. The first kappa shape index (κ1) is 24.6. The maximum absolute atomic E-state index is 13.6. The van der Waals surface area contributed by atoms with Gasteiger partial charge in [0.2, 0.25) is 0 Å². The van der Waals surface area contributed by atoms with Gasteiger partial charge < -0.3 is 10.1 Å². The van der Waals surface area contributed by atoms with Gasteiger partial charge in [-0.3, -0.25) is 10.0 Å². The van der Waals surface area contributed by atoms with Crippen molar-refractivity contribution in [1.82, 2.24) is 5.06 Å². The van der Waals surface area contributed by atoms with Crippen LogP contribution in [0.25, 0.3) is 11.1 Å². The van der Waals surface area contributed by atoms with E-state index >= 15 is 0 Å². The zero-order valence-corrected chi connectivity index (χ0v) is 21.3. The number of hydroxylamine groups is 2. The van der Waals surface area contributed by atoms with E-state index in [1.807, 2.05) is 36.4 Å². The molecule has 7 heteroatoms. The molecule has 0 radical (unpaired) electrons. The van der Waals surface area contributed by atoms with Crippen molar-refractivity contribution < 1.29 is 19.5 Å². The molecule has 0 aromatic heterocycles. The molecular formula is C30H26N2O4S. The molecule has 0 saturated heterocycles. The Bertz CT molecular complexity index is 1490. The van der Waals surface area contributed by atoms with Crippen LogP contribution in [-0.4, -0.2) is 28.8 Å². The average molecular weight is 511 g/mol. The van der Waals surface area contributed by atoms with Crippen molar-refractivity contribution in [2.75, 3.05) is 11.9 Å². The minimum absolute atomic E-state index is 0.245. The molecule has 0 spiro atoms. The van der Waals surface area contributed by atoms with Crippen LogP contribution in [0.4, 0.5) is 11.4 Å². The maximum atomic E-state index is 13.6. The lowest BCUT2D eigenvalue weighted by molar-refractivity contribution is -0.0853. The predicted molar refractivity (Wildman–Crippen MR) is 144 cm³/mol. The van der Waals surface area contributed by atoms with E-state index in [-0.39, 0.29) is 12.2 Å². The molecule has 5 rings (SSSR count). The molecule has 4 aromatic rings. The van der Waals surface area contributed by atoms with Crippen LogP contribution in [0.5, 0.6) is 0 Å². The van der Waals surface area contributed by atoms with Gasteiger partial charge in [-0.1, -0.05) is 66.4 Å². The molecule has 1 amide bonds. The van der Waals surface area contributed by atoms with Crippen LogP contribution in [0.15, 0.2) is 101 Å². The summed E-state index contributed by atoms with van der Waals surface area (Å²) in [4.78, 5) is 28.3. The molecule has 2 N–H and O–H groups in total. The Balaban J connectivity index is 1.44. The number of carbonyl (C=O) groups excluding carboxylic acids is 2. The first-order valence-electron chi connectivity index (χ1n) is 12.0. The number of hydrogen-bond acceptors (Lipinski definition) is 6. The molecule has 0 bridgehead atoms. The number of ether oxygens (including phenoxy) is 1. The highest BCUT2D eigenvalue weighted by Crippen LogP contribution is 2.45. The molecule has 37 heavy (non-hydrogen) atoms. The summed E-state index contributed by atoms with van der Waals surface area (Å²) >= 11 is 1.68.